The van der Waals surface area contributed by atoms with E-state index in [0.717, 1.165) is 19.3 Å². The summed E-state index contributed by atoms with van der Waals surface area (Å²) >= 11 is 0. The fourth-order valence-corrected chi connectivity index (χ4v) is 6.43. The van der Waals surface area contributed by atoms with Crippen molar-refractivity contribution in [1.29, 1.82) is 0 Å². The van der Waals surface area contributed by atoms with Gasteiger partial charge in [0.2, 0.25) is 23.5 Å². The number of nitrogens with zero attached hydrogens (tertiary/aromatic N) is 1. The van der Waals surface area contributed by atoms with E-state index in [1.807, 2.05) is 13.8 Å². The minimum atomic E-state index is -1.10. The molecular weight excluding hydrogens is 552 g/mol. The Morgan fingerprint density at radius 3 is 2.07 bits per heavy atom. The molecule has 0 radical (unpaired) electrons. The third kappa shape index (κ3) is 7.56. The van der Waals surface area contributed by atoms with Gasteiger partial charge in [0, 0.05) is 12.6 Å². The smallest absolute Gasteiger partial charge is 0.316 e. The molecule has 0 aromatic heterocycles. The summed E-state index contributed by atoms with van der Waals surface area (Å²) in [7, 11) is 0. The summed E-state index contributed by atoms with van der Waals surface area (Å²) in [6.07, 6.45) is 3.18. The van der Waals surface area contributed by atoms with Crippen molar-refractivity contribution in [2.75, 3.05) is 6.54 Å². The van der Waals surface area contributed by atoms with E-state index >= 15 is 0 Å². The van der Waals surface area contributed by atoms with Gasteiger partial charge >= 0.3 is 6.03 Å². The van der Waals surface area contributed by atoms with Gasteiger partial charge in [-0.2, -0.15) is 0 Å². The lowest BCUT2D eigenvalue weighted by atomic mass is 9.80. The van der Waals surface area contributed by atoms with E-state index in [1.165, 1.54) is 4.90 Å². The van der Waals surface area contributed by atoms with Crippen molar-refractivity contribution in [3.63, 3.8) is 0 Å². The average molecular weight is 603 g/mol. The van der Waals surface area contributed by atoms with E-state index in [-0.39, 0.29) is 29.2 Å². The van der Waals surface area contributed by atoms with E-state index in [1.54, 1.807) is 41.5 Å². The van der Waals surface area contributed by atoms with E-state index in [9.17, 15) is 28.8 Å². The predicted octanol–water partition coefficient (Wildman–Crippen LogP) is 1.38. The van der Waals surface area contributed by atoms with Crippen LogP contribution in [0.3, 0.4) is 0 Å². The lowest BCUT2D eigenvalue weighted by molar-refractivity contribution is -0.145. The second-order valence-corrected chi connectivity index (χ2v) is 14.6. The molecule has 3 rings (SSSR count). The van der Waals surface area contributed by atoms with Crippen LogP contribution in [0.15, 0.2) is 12.2 Å². The lowest BCUT2D eigenvalue weighted by Crippen LogP contribution is -2.62. The molecule has 1 unspecified atom stereocenters. The van der Waals surface area contributed by atoms with E-state index < -0.39 is 65.0 Å². The Kier molecular flexibility index (Phi) is 10.0. The molecular formula is C31H50N6O6. The molecule has 43 heavy (non-hydrogen) atoms. The fourth-order valence-electron chi connectivity index (χ4n) is 6.43. The summed E-state index contributed by atoms with van der Waals surface area (Å²) in [6.45, 7) is 18.8. The summed E-state index contributed by atoms with van der Waals surface area (Å²) in [5.41, 5.74) is 4.77. The predicted molar refractivity (Wildman–Crippen MR) is 161 cm³/mol. The summed E-state index contributed by atoms with van der Waals surface area (Å²) in [6, 6.07) is -4.85. The molecule has 3 aliphatic rings. The van der Waals surface area contributed by atoms with Crippen LogP contribution in [0.5, 0.6) is 0 Å². The number of Topliss-reactive ketones (excluding diaryl/α,β-unsaturated/α-hetero) is 1. The maximum Gasteiger partial charge on any atom is 0.316 e. The van der Waals surface area contributed by atoms with Gasteiger partial charge in [0.15, 0.2) is 0 Å². The zero-order chi connectivity index (χ0) is 32.6. The molecule has 12 nitrogen and oxygen atoms in total. The number of carbonyl (C=O) groups is 6. The van der Waals surface area contributed by atoms with Gasteiger partial charge in [0.05, 0.1) is 6.04 Å². The number of fused-ring (bicyclic) bond motifs is 1. The normalized spacial score (nSPS) is 24.5. The van der Waals surface area contributed by atoms with Crippen molar-refractivity contribution >= 4 is 35.4 Å². The van der Waals surface area contributed by atoms with Crippen LogP contribution in [-0.4, -0.2) is 77.1 Å². The zero-order valence-corrected chi connectivity index (χ0v) is 26.8. The van der Waals surface area contributed by atoms with Crippen molar-refractivity contribution in [3.8, 4) is 0 Å². The highest BCUT2D eigenvalue weighted by atomic mass is 16.2. The maximum absolute atomic E-state index is 14.1. The molecule has 2 aliphatic carbocycles. The van der Waals surface area contributed by atoms with Crippen LogP contribution in [0.25, 0.3) is 0 Å². The van der Waals surface area contributed by atoms with Crippen molar-refractivity contribution in [2.24, 2.45) is 34.3 Å². The Bertz CT molecular complexity index is 1170. The van der Waals surface area contributed by atoms with Gasteiger partial charge in [0.1, 0.15) is 18.1 Å². The molecule has 2 saturated carbocycles. The SMILES string of the molecule is C=C(C)[C@H](NC(=O)N[C@H](C(=O)N1C[C@H]2[C@@H]([C@H]1C(=O)NC(CC1CCC1)C(=O)C(N)=O)C2(C)C)C(C)(C)C)C(=O)NC(C)C. The van der Waals surface area contributed by atoms with Gasteiger partial charge in [-0.3, -0.25) is 24.0 Å². The largest absolute Gasteiger partial charge is 0.363 e. The standard InChI is InChI=1S/C31H50N6O6/c1-15(2)21(26(40)33-16(3)4)35-29(43)36-24(30(5,6)7)28(42)37-14-18-20(31(18,8)9)22(37)27(41)34-19(23(38)25(32)39)13-17-11-10-12-17/h16-22,24H,1,10-14H2,2-9H3,(H2,32,39)(H,33,40)(H,34,41)(H2,35,36,43)/t18-,19?,20-,21-,22-,24+/m0/s1. The molecule has 6 atom stereocenters. The van der Waals surface area contributed by atoms with Crippen LogP contribution in [0.1, 0.15) is 81.1 Å². The molecule has 12 heteroatoms. The first-order valence-electron chi connectivity index (χ1n) is 15.2. The Hall–Kier alpha value is -3.44. The van der Waals surface area contributed by atoms with Crippen molar-refractivity contribution in [3.05, 3.63) is 12.2 Å². The van der Waals surface area contributed by atoms with E-state index in [2.05, 4.69) is 27.8 Å². The maximum atomic E-state index is 14.1. The summed E-state index contributed by atoms with van der Waals surface area (Å²) in [4.78, 5) is 79.7. The van der Waals surface area contributed by atoms with Gasteiger partial charge in [-0.1, -0.05) is 60.5 Å². The third-order valence-electron chi connectivity index (χ3n) is 9.28. The number of nitrogens with one attached hydrogen (secondary N) is 4. The molecule has 0 aromatic carbocycles. The first kappa shape index (κ1) is 34.1. The fraction of sp³-hybridized carbons (Fsp3) is 0.742. The Labute approximate surface area is 254 Å². The lowest BCUT2D eigenvalue weighted by Gasteiger charge is -2.38. The monoisotopic (exact) mass is 602 g/mol. The number of hydrogen-bond donors (Lipinski definition) is 5. The molecule has 1 heterocycles. The number of nitrogens with two attached hydrogens (primary N) is 1. The van der Waals surface area contributed by atoms with Gasteiger partial charge in [-0.15, -0.1) is 0 Å². The zero-order valence-electron chi connectivity index (χ0n) is 26.8. The minimum absolute atomic E-state index is 0.0612. The first-order valence-corrected chi connectivity index (χ1v) is 15.2. The average Bonchev–Trinajstić information content (AvgIpc) is 3.18. The first-order chi connectivity index (χ1) is 19.8. The van der Waals surface area contributed by atoms with Crippen LogP contribution in [0, 0.1) is 28.6 Å². The Morgan fingerprint density at radius 1 is 1.00 bits per heavy atom. The van der Waals surface area contributed by atoms with Crippen LogP contribution in [0.2, 0.25) is 0 Å². The van der Waals surface area contributed by atoms with Crippen molar-refractivity contribution in [1.82, 2.24) is 26.2 Å². The summed E-state index contributed by atoms with van der Waals surface area (Å²) in [5, 5.41) is 10.9. The van der Waals surface area contributed by atoms with Crippen LogP contribution in [-0.2, 0) is 24.0 Å². The van der Waals surface area contributed by atoms with Crippen LogP contribution < -0.4 is 27.0 Å². The topological polar surface area (TPSA) is 180 Å². The Morgan fingerprint density at radius 2 is 1.60 bits per heavy atom. The molecule has 1 aliphatic heterocycles. The summed E-state index contributed by atoms with van der Waals surface area (Å²) < 4.78 is 0. The van der Waals surface area contributed by atoms with E-state index in [0.29, 0.717) is 18.5 Å². The highest BCUT2D eigenvalue weighted by molar-refractivity contribution is 6.37. The number of primary amides is 1. The molecule has 6 amide bonds. The molecule has 3 fully saturated rings. The molecule has 240 valence electrons. The minimum Gasteiger partial charge on any atom is -0.363 e. The summed E-state index contributed by atoms with van der Waals surface area (Å²) in [5.74, 6) is -3.18. The van der Waals surface area contributed by atoms with E-state index in [4.69, 9.17) is 5.73 Å². The second kappa shape index (κ2) is 12.7. The number of likely N-dealkylation sites (tertiary alicyclic amines) is 1. The number of urea groups is 1. The van der Waals surface area contributed by atoms with Crippen LogP contribution >= 0.6 is 0 Å². The number of amides is 6. The number of rotatable bonds is 12. The van der Waals surface area contributed by atoms with Gasteiger partial charge in [-0.25, -0.2) is 4.79 Å². The molecule has 6 N–H and O–H groups in total. The number of ketones is 1. The quantitative estimate of drug-likeness (QED) is 0.166. The van der Waals surface area contributed by atoms with Gasteiger partial charge in [0.25, 0.3) is 5.91 Å². The highest BCUT2D eigenvalue weighted by Crippen LogP contribution is 2.65. The van der Waals surface area contributed by atoms with Gasteiger partial charge < -0.3 is 31.9 Å². The van der Waals surface area contributed by atoms with Gasteiger partial charge in [-0.05, 0) is 61.3 Å². The number of piperidine rings is 1. The molecule has 0 bridgehead atoms. The third-order valence-corrected chi connectivity index (χ3v) is 9.28. The highest BCUT2D eigenvalue weighted by Gasteiger charge is 2.70. The molecule has 1 saturated heterocycles. The number of carbonyl (C=O) groups excluding carboxylic acids is 6. The van der Waals surface area contributed by atoms with Crippen molar-refractivity contribution in [2.45, 2.75) is 111 Å². The molecule has 0 spiro atoms. The Balaban J connectivity index is 1.82. The second-order valence-electron chi connectivity index (χ2n) is 14.6. The number of hydrogen-bond acceptors (Lipinski definition) is 6. The van der Waals surface area contributed by atoms with Crippen molar-refractivity contribution < 1.29 is 28.8 Å². The van der Waals surface area contributed by atoms with Crippen LogP contribution in [0.4, 0.5) is 4.79 Å². The molecule has 0 aromatic rings.